The van der Waals surface area contributed by atoms with Gasteiger partial charge in [0, 0.05) is 30.7 Å². The number of aromatic nitrogens is 4. The minimum absolute atomic E-state index is 0.204. The van der Waals surface area contributed by atoms with Crippen LogP contribution in [0, 0.1) is 12.9 Å². The average molecular weight is 366 g/mol. The van der Waals surface area contributed by atoms with Crippen molar-refractivity contribution in [3.63, 3.8) is 0 Å². The first-order chi connectivity index (χ1) is 13.0. The standard InChI is InChI=1S/C19H15FN4O3/c1-10-17(22-23-24(10)15-4-3-7-21-19(15)20)12-5-6-14-13(8-12)9-16(18(14)26)27-11(2)25/h3-8,16H,9H2,1-2H3. The summed E-state index contributed by atoms with van der Waals surface area (Å²) >= 11 is 0. The normalized spacial score (nSPS) is 15.7. The lowest BCUT2D eigenvalue weighted by Crippen LogP contribution is -2.22. The Balaban J connectivity index is 1.70. The summed E-state index contributed by atoms with van der Waals surface area (Å²) in [7, 11) is 0. The second-order valence-electron chi connectivity index (χ2n) is 6.29. The van der Waals surface area contributed by atoms with E-state index in [2.05, 4.69) is 15.3 Å². The molecule has 1 aromatic carbocycles. The van der Waals surface area contributed by atoms with E-state index in [-0.39, 0.29) is 11.5 Å². The van der Waals surface area contributed by atoms with Crippen LogP contribution in [0.2, 0.25) is 0 Å². The van der Waals surface area contributed by atoms with Crippen molar-refractivity contribution in [1.29, 1.82) is 0 Å². The van der Waals surface area contributed by atoms with Crippen molar-refractivity contribution in [3.05, 3.63) is 59.3 Å². The zero-order chi connectivity index (χ0) is 19.1. The van der Waals surface area contributed by atoms with Crippen molar-refractivity contribution in [3.8, 4) is 16.9 Å². The van der Waals surface area contributed by atoms with Crippen LogP contribution in [0.3, 0.4) is 0 Å². The summed E-state index contributed by atoms with van der Waals surface area (Å²) in [4.78, 5) is 27.1. The molecule has 8 heteroatoms. The van der Waals surface area contributed by atoms with Gasteiger partial charge in [0.25, 0.3) is 0 Å². The molecule has 1 atom stereocenters. The number of fused-ring (bicyclic) bond motifs is 1. The van der Waals surface area contributed by atoms with E-state index in [1.807, 2.05) is 6.07 Å². The SMILES string of the molecule is CC(=O)OC1Cc2cc(-c3nnn(-c4cccnc4F)c3C)ccc2C1=O. The Morgan fingerprint density at radius 3 is 2.89 bits per heavy atom. The van der Waals surface area contributed by atoms with Gasteiger partial charge in [0.1, 0.15) is 11.4 Å². The van der Waals surface area contributed by atoms with E-state index in [0.717, 1.165) is 11.1 Å². The highest BCUT2D eigenvalue weighted by atomic mass is 19.1. The van der Waals surface area contributed by atoms with E-state index < -0.39 is 18.0 Å². The summed E-state index contributed by atoms with van der Waals surface area (Å²) in [5.74, 6) is -1.33. The van der Waals surface area contributed by atoms with Gasteiger partial charge in [-0.2, -0.15) is 4.39 Å². The number of halogens is 1. The molecule has 7 nitrogen and oxygen atoms in total. The first-order valence-corrected chi connectivity index (χ1v) is 8.33. The zero-order valence-electron chi connectivity index (χ0n) is 14.6. The van der Waals surface area contributed by atoms with E-state index >= 15 is 0 Å². The van der Waals surface area contributed by atoms with Crippen LogP contribution in [0.1, 0.15) is 28.5 Å². The number of benzene rings is 1. The Morgan fingerprint density at radius 1 is 1.33 bits per heavy atom. The van der Waals surface area contributed by atoms with E-state index in [4.69, 9.17) is 4.74 Å². The number of esters is 1. The van der Waals surface area contributed by atoms with Crippen LogP contribution in [0.5, 0.6) is 0 Å². The third kappa shape index (κ3) is 2.88. The van der Waals surface area contributed by atoms with E-state index in [1.54, 1.807) is 31.2 Å². The molecule has 136 valence electrons. The molecule has 2 heterocycles. The van der Waals surface area contributed by atoms with E-state index in [1.165, 1.54) is 17.8 Å². The lowest BCUT2D eigenvalue weighted by Gasteiger charge is -2.06. The Morgan fingerprint density at radius 2 is 2.15 bits per heavy atom. The van der Waals surface area contributed by atoms with Crippen molar-refractivity contribution >= 4 is 11.8 Å². The van der Waals surface area contributed by atoms with Gasteiger partial charge in [0.05, 0.1) is 5.69 Å². The van der Waals surface area contributed by atoms with Crippen molar-refractivity contribution < 1.29 is 18.7 Å². The van der Waals surface area contributed by atoms with Crippen molar-refractivity contribution in [1.82, 2.24) is 20.0 Å². The Hall–Kier alpha value is -3.42. The number of pyridine rings is 1. The molecule has 0 spiro atoms. The number of hydrogen-bond donors (Lipinski definition) is 0. The molecule has 0 amide bonds. The fourth-order valence-electron chi connectivity index (χ4n) is 3.27. The summed E-state index contributed by atoms with van der Waals surface area (Å²) in [6.07, 6.45) is 0.906. The summed E-state index contributed by atoms with van der Waals surface area (Å²) < 4.78 is 20.4. The molecule has 3 aromatic rings. The number of Topliss-reactive ketones (excluding diaryl/α,β-unsaturated/α-hetero) is 1. The summed E-state index contributed by atoms with van der Waals surface area (Å²) in [6, 6.07) is 8.47. The molecular weight excluding hydrogens is 351 g/mol. The maximum atomic E-state index is 14.0. The van der Waals surface area contributed by atoms with Crippen LogP contribution in [0.25, 0.3) is 16.9 Å². The van der Waals surface area contributed by atoms with Crippen LogP contribution in [0.4, 0.5) is 4.39 Å². The minimum atomic E-state index is -0.783. The first kappa shape index (κ1) is 17.0. The maximum absolute atomic E-state index is 14.0. The highest BCUT2D eigenvalue weighted by Crippen LogP contribution is 2.30. The van der Waals surface area contributed by atoms with Crippen LogP contribution >= 0.6 is 0 Å². The predicted octanol–water partition coefficient (Wildman–Crippen LogP) is 2.45. The molecular formula is C19H15FN4O3. The monoisotopic (exact) mass is 366 g/mol. The molecule has 1 aliphatic rings. The first-order valence-electron chi connectivity index (χ1n) is 8.33. The summed E-state index contributed by atoms with van der Waals surface area (Å²) in [6.45, 7) is 3.06. The quantitative estimate of drug-likeness (QED) is 0.523. The fourth-order valence-corrected chi connectivity index (χ4v) is 3.27. The highest BCUT2D eigenvalue weighted by Gasteiger charge is 2.33. The Kier molecular flexibility index (Phi) is 4.02. The van der Waals surface area contributed by atoms with Gasteiger partial charge in [-0.25, -0.2) is 9.67 Å². The molecule has 0 radical (unpaired) electrons. The summed E-state index contributed by atoms with van der Waals surface area (Å²) in [5.41, 5.74) is 3.49. The van der Waals surface area contributed by atoms with Crippen molar-refractivity contribution in [2.24, 2.45) is 0 Å². The maximum Gasteiger partial charge on any atom is 0.303 e. The minimum Gasteiger partial charge on any atom is -0.454 e. The van der Waals surface area contributed by atoms with E-state index in [9.17, 15) is 14.0 Å². The Bertz CT molecular complexity index is 1080. The van der Waals surface area contributed by atoms with Crippen molar-refractivity contribution in [2.45, 2.75) is 26.4 Å². The number of nitrogens with zero attached hydrogens (tertiary/aromatic N) is 4. The van der Waals surface area contributed by atoms with Crippen LogP contribution in [-0.4, -0.2) is 37.8 Å². The zero-order valence-corrected chi connectivity index (χ0v) is 14.6. The lowest BCUT2D eigenvalue weighted by molar-refractivity contribution is -0.144. The van der Waals surface area contributed by atoms with Gasteiger partial charge in [-0.15, -0.1) is 5.10 Å². The third-order valence-corrected chi connectivity index (χ3v) is 4.51. The second kappa shape index (κ2) is 6.39. The molecule has 4 rings (SSSR count). The lowest BCUT2D eigenvalue weighted by atomic mass is 10.0. The molecule has 0 fully saturated rings. The third-order valence-electron chi connectivity index (χ3n) is 4.51. The molecule has 1 aliphatic carbocycles. The predicted molar refractivity (Wildman–Crippen MR) is 92.9 cm³/mol. The fraction of sp³-hybridized carbons (Fsp3) is 0.211. The van der Waals surface area contributed by atoms with Gasteiger partial charge >= 0.3 is 5.97 Å². The largest absolute Gasteiger partial charge is 0.454 e. The van der Waals surface area contributed by atoms with Crippen molar-refractivity contribution in [2.75, 3.05) is 0 Å². The highest BCUT2D eigenvalue weighted by molar-refractivity contribution is 6.05. The van der Waals surface area contributed by atoms with Gasteiger partial charge < -0.3 is 4.74 Å². The number of ether oxygens (including phenoxy) is 1. The number of carbonyl (C=O) groups excluding carboxylic acids is 2. The van der Waals surface area contributed by atoms with Crippen LogP contribution in [0.15, 0.2) is 36.5 Å². The molecule has 0 N–H and O–H groups in total. The topological polar surface area (TPSA) is 87.0 Å². The molecule has 2 aromatic heterocycles. The average Bonchev–Trinajstić information content (AvgIpc) is 3.15. The van der Waals surface area contributed by atoms with Gasteiger partial charge in [-0.1, -0.05) is 17.3 Å². The molecule has 0 saturated heterocycles. The Labute approximate surface area is 153 Å². The van der Waals surface area contributed by atoms with Gasteiger partial charge in [-0.05, 0) is 30.7 Å². The smallest absolute Gasteiger partial charge is 0.303 e. The number of hydrogen-bond acceptors (Lipinski definition) is 6. The number of carbonyl (C=O) groups is 2. The van der Waals surface area contributed by atoms with E-state index in [0.29, 0.717) is 23.4 Å². The molecule has 0 bridgehead atoms. The van der Waals surface area contributed by atoms with Crippen LogP contribution < -0.4 is 0 Å². The molecule has 1 unspecified atom stereocenters. The molecule has 0 saturated carbocycles. The molecule has 0 aliphatic heterocycles. The second-order valence-corrected chi connectivity index (χ2v) is 6.29. The van der Waals surface area contributed by atoms with Gasteiger partial charge in [0.15, 0.2) is 6.10 Å². The van der Waals surface area contributed by atoms with Crippen LogP contribution in [-0.2, 0) is 16.0 Å². The number of rotatable bonds is 3. The summed E-state index contributed by atoms with van der Waals surface area (Å²) in [5, 5.41) is 8.20. The molecule has 27 heavy (non-hydrogen) atoms. The van der Waals surface area contributed by atoms with Gasteiger partial charge in [0.2, 0.25) is 11.7 Å². The van der Waals surface area contributed by atoms with Gasteiger partial charge in [-0.3, -0.25) is 9.59 Å². The number of ketones is 1.